The second kappa shape index (κ2) is 6.96. The molecular weight excluding hydrogens is 256 g/mol. The van der Waals surface area contributed by atoms with Crippen molar-refractivity contribution in [3.63, 3.8) is 0 Å². The molecule has 0 unspecified atom stereocenters. The number of nitrogens with one attached hydrogen (secondary N) is 2. The molecule has 0 heterocycles. The Morgan fingerprint density at radius 2 is 2.00 bits per heavy atom. The Labute approximate surface area is 119 Å². The Hall–Kier alpha value is -1.00. The summed E-state index contributed by atoms with van der Waals surface area (Å²) in [6, 6.07) is 9.38. The summed E-state index contributed by atoms with van der Waals surface area (Å²) in [7, 11) is 0. The Morgan fingerprint density at radius 1 is 1.32 bits per heavy atom. The normalized spacial score (nSPS) is 14.7. The topological polar surface area (TPSA) is 41.1 Å². The molecule has 0 spiro atoms. The molecule has 0 saturated heterocycles. The first kappa shape index (κ1) is 14.4. The molecule has 104 valence electrons. The highest BCUT2D eigenvalue weighted by Gasteiger charge is 2.22. The average Bonchev–Trinajstić information content (AvgIpc) is 3.19. The van der Waals surface area contributed by atoms with Gasteiger partial charge >= 0.3 is 0 Å². The molecule has 1 aromatic rings. The first-order chi connectivity index (χ1) is 9.13. The first-order valence-electron chi connectivity index (χ1n) is 6.88. The van der Waals surface area contributed by atoms with Crippen molar-refractivity contribution < 1.29 is 4.79 Å². The van der Waals surface area contributed by atoms with E-state index in [1.807, 2.05) is 0 Å². The third kappa shape index (κ3) is 5.66. The minimum atomic E-state index is 0.151. The second-order valence-electron chi connectivity index (χ2n) is 5.31. The van der Waals surface area contributed by atoms with Gasteiger partial charge in [-0.2, -0.15) is 0 Å². The minimum Gasteiger partial charge on any atom is -0.353 e. The molecule has 0 aromatic heterocycles. The highest BCUT2D eigenvalue weighted by Crippen LogP contribution is 2.21. The van der Waals surface area contributed by atoms with Crippen LogP contribution in [0.5, 0.6) is 0 Å². The lowest BCUT2D eigenvalue weighted by atomic mass is 10.2. The average molecular weight is 278 g/mol. The molecular formula is C15H22N2OS. The van der Waals surface area contributed by atoms with Crippen LogP contribution in [0.4, 0.5) is 0 Å². The van der Waals surface area contributed by atoms with Gasteiger partial charge in [0.1, 0.15) is 0 Å². The van der Waals surface area contributed by atoms with Crippen molar-refractivity contribution >= 4 is 17.7 Å². The van der Waals surface area contributed by atoms with Gasteiger partial charge in [-0.25, -0.2) is 0 Å². The van der Waals surface area contributed by atoms with Gasteiger partial charge in [0.05, 0.1) is 5.75 Å². The van der Waals surface area contributed by atoms with E-state index in [4.69, 9.17) is 0 Å². The fourth-order valence-corrected chi connectivity index (χ4v) is 2.38. The molecule has 1 aliphatic rings. The SMILES string of the molecule is CC(C)NCc1ccc(SCC(=O)NC2CC2)cc1. The summed E-state index contributed by atoms with van der Waals surface area (Å²) in [6.07, 6.45) is 2.29. The van der Waals surface area contributed by atoms with Gasteiger partial charge in [0, 0.05) is 23.5 Å². The lowest BCUT2D eigenvalue weighted by Gasteiger charge is -2.08. The fourth-order valence-electron chi connectivity index (χ4n) is 1.67. The lowest BCUT2D eigenvalue weighted by molar-refractivity contribution is -0.118. The van der Waals surface area contributed by atoms with Crippen LogP contribution in [0.25, 0.3) is 0 Å². The minimum absolute atomic E-state index is 0.151. The van der Waals surface area contributed by atoms with E-state index in [1.165, 1.54) is 5.56 Å². The number of carbonyl (C=O) groups excluding carboxylic acids is 1. The van der Waals surface area contributed by atoms with Crippen molar-refractivity contribution in [2.24, 2.45) is 0 Å². The largest absolute Gasteiger partial charge is 0.353 e. The number of carbonyl (C=O) groups is 1. The van der Waals surface area contributed by atoms with Crippen LogP contribution in [0.3, 0.4) is 0 Å². The van der Waals surface area contributed by atoms with E-state index in [-0.39, 0.29) is 5.91 Å². The molecule has 0 bridgehead atoms. The zero-order chi connectivity index (χ0) is 13.7. The van der Waals surface area contributed by atoms with Gasteiger partial charge in [0.15, 0.2) is 0 Å². The number of hydrogen-bond donors (Lipinski definition) is 2. The summed E-state index contributed by atoms with van der Waals surface area (Å²) in [5, 5.41) is 6.39. The van der Waals surface area contributed by atoms with Crippen molar-refractivity contribution in [2.45, 2.75) is 50.2 Å². The van der Waals surface area contributed by atoms with Gasteiger partial charge in [-0.3, -0.25) is 4.79 Å². The van der Waals surface area contributed by atoms with Crippen LogP contribution in [0.2, 0.25) is 0 Å². The molecule has 1 aliphatic carbocycles. The van der Waals surface area contributed by atoms with Crippen LogP contribution in [-0.4, -0.2) is 23.7 Å². The molecule has 2 N–H and O–H groups in total. The van der Waals surface area contributed by atoms with Crippen LogP contribution in [0.15, 0.2) is 29.2 Å². The lowest BCUT2D eigenvalue weighted by Crippen LogP contribution is -2.26. The molecule has 19 heavy (non-hydrogen) atoms. The summed E-state index contributed by atoms with van der Waals surface area (Å²) in [6.45, 7) is 5.18. The number of rotatable bonds is 7. The molecule has 1 fully saturated rings. The fraction of sp³-hybridized carbons (Fsp3) is 0.533. The highest BCUT2D eigenvalue weighted by atomic mass is 32.2. The number of benzene rings is 1. The van der Waals surface area contributed by atoms with Crippen LogP contribution in [-0.2, 0) is 11.3 Å². The zero-order valence-electron chi connectivity index (χ0n) is 11.6. The van der Waals surface area contributed by atoms with Crippen molar-refractivity contribution in [3.05, 3.63) is 29.8 Å². The third-order valence-electron chi connectivity index (χ3n) is 2.95. The first-order valence-corrected chi connectivity index (χ1v) is 7.86. The van der Waals surface area contributed by atoms with Gasteiger partial charge in [0.2, 0.25) is 5.91 Å². The van der Waals surface area contributed by atoms with Crippen LogP contribution in [0, 0.1) is 0 Å². The maximum absolute atomic E-state index is 11.6. The number of hydrogen-bond acceptors (Lipinski definition) is 3. The maximum atomic E-state index is 11.6. The standard InChI is InChI=1S/C15H22N2OS/c1-11(2)16-9-12-3-7-14(8-4-12)19-10-15(18)17-13-5-6-13/h3-4,7-8,11,13,16H,5-6,9-10H2,1-2H3,(H,17,18). The van der Waals surface area contributed by atoms with E-state index in [1.54, 1.807) is 11.8 Å². The van der Waals surface area contributed by atoms with Gasteiger partial charge in [-0.05, 0) is 30.5 Å². The molecule has 4 heteroatoms. The van der Waals surface area contributed by atoms with E-state index in [0.29, 0.717) is 17.8 Å². The van der Waals surface area contributed by atoms with Gasteiger partial charge < -0.3 is 10.6 Å². The number of thioether (sulfide) groups is 1. The molecule has 1 saturated carbocycles. The summed E-state index contributed by atoms with van der Waals surface area (Å²) in [4.78, 5) is 12.7. The molecule has 0 atom stereocenters. The molecule has 3 nitrogen and oxygen atoms in total. The quantitative estimate of drug-likeness (QED) is 0.753. The van der Waals surface area contributed by atoms with E-state index in [2.05, 4.69) is 48.7 Å². The predicted molar refractivity (Wildman–Crippen MR) is 80.3 cm³/mol. The Kier molecular flexibility index (Phi) is 5.28. The van der Waals surface area contributed by atoms with Crippen molar-refractivity contribution in [1.82, 2.24) is 10.6 Å². The number of amides is 1. The molecule has 1 aromatic carbocycles. The van der Waals surface area contributed by atoms with E-state index < -0.39 is 0 Å². The highest BCUT2D eigenvalue weighted by molar-refractivity contribution is 8.00. The van der Waals surface area contributed by atoms with E-state index in [9.17, 15) is 4.79 Å². The Bertz CT molecular complexity index is 413. The summed E-state index contributed by atoms with van der Waals surface area (Å²) < 4.78 is 0. The molecule has 0 radical (unpaired) electrons. The molecule has 1 amide bonds. The van der Waals surface area contributed by atoms with Crippen LogP contribution >= 0.6 is 11.8 Å². The maximum Gasteiger partial charge on any atom is 0.230 e. The Morgan fingerprint density at radius 3 is 2.58 bits per heavy atom. The predicted octanol–water partition coefficient (Wildman–Crippen LogP) is 2.56. The van der Waals surface area contributed by atoms with E-state index >= 15 is 0 Å². The molecule has 0 aliphatic heterocycles. The summed E-state index contributed by atoms with van der Waals surface area (Å²) in [5.74, 6) is 0.665. The van der Waals surface area contributed by atoms with Gasteiger partial charge in [-0.1, -0.05) is 26.0 Å². The van der Waals surface area contributed by atoms with E-state index in [0.717, 1.165) is 24.3 Å². The third-order valence-corrected chi connectivity index (χ3v) is 3.96. The van der Waals surface area contributed by atoms with Crippen LogP contribution in [0.1, 0.15) is 32.3 Å². The Balaban J connectivity index is 1.72. The second-order valence-corrected chi connectivity index (χ2v) is 6.36. The van der Waals surface area contributed by atoms with Gasteiger partial charge in [0.25, 0.3) is 0 Å². The summed E-state index contributed by atoms with van der Waals surface area (Å²) in [5.41, 5.74) is 1.28. The van der Waals surface area contributed by atoms with Crippen LogP contribution < -0.4 is 10.6 Å². The summed E-state index contributed by atoms with van der Waals surface area (Å²) >= 11 is 1.60. The zero-order valence-corrected chi connectivity index (χ0v) is 12.4. The molecule has 2 rings (SSSR count). The smallest absolute Gasteiger partial charge is 0.230 e. The van der Waals surface area contributed by atoms with Crippen molar-refractivity contribution in [1.29, 1.82) is 0 Å². The van der Waals surface area contributed by atoms with Crippen molar-refractivity contribution in [2.75, 3.05) is 5.75 Å². The van der Waals surface area contributed by atoms with Gasteiger partial charge in [-0.15, -0.1) is 11.8 Å². The van der Waals surface area contributed by atoms with Crippen molar-refractivity contribution in [3.8, 4) is 0 Å². The monoisotopic (exact) mass is 278 g/mol.